The van der Waals surface area contributed by atoms with Crippen molar-refractivity contribution in [2.75, 3.05) is 13.2 Å². The molecule has 2 aromatic heterocycles. The molecule has 2 aliphatic rings. The highest BCUT2D eigenvalue weighted by atomic mass is 16.8. The first-order chi connectivity index (χ1) is 21.2. The molecule has 4 rings (SSSR count). The molecule has 12 heteroatoms. The van der Waals surface area contributed by atoms with Crippen molar-refractivity contribution in [3.63, 3.8) is 0 Å². The molecule has 44 heavy (non-hydrogen) atoms. The van der Waals surface area contributed by atoms with Crippen LogP contribution in [0.4, 0.5) is 0 Å². The van der Waals surface area contributed by atoms with Crippen molar-refractivity contribution in [3.8, 4) is 0 Å². The SMILES string of the molecule is CCCCCCCn1cc(CO[C@@H]([C@H](OCc2cn(CCCCCCC)nn2)[C@H]2COC(C)(C)O2)[C@H]2COC(C)(C)O2)nn1. The molecule has 2 aliphatic heterocycles. The Morgan fingerprint density at radius 3 is 1.45 bits per heavy atom. The molecule has 0 saturated carbocycles. The fraction of sp³-hybridized carbons (Fsp3) is 0.875. The standard InChI is InChI=1S/C32H56N6O6/c1-7-9-11-13-15-17-37-19-25(33-35-37)21-39-29(27-23-41-31(3,4)43-27)30(28-24-42-32(5,6)44-28)40-22-26-20-38(36-34-26)18-16-14-12-10-8-2/h19-20,27-30H,7-18,21-24H2,1-6H3/t27-,28-,29-,30-/m1/s1. The van der Waals surface area contributed by atoms with Crippen molar-refractivity contribution in [1.82, 2.24) is 30.0 Å². The largest absolute Gasteiger partial charge is 0.366 e. The summed E-state index contributed by atoms with van der Waals surface area (Å²) in [5, 5.41) is 17.4. The summed E-state index contributed by atoms with van der Waals surface area (Å²) in [6, 6.07) is 0. The van der Waals surface area contributed by atoms with E-state index < -0.39 is 23.8 Å². The van der Waals surface area contributed by atoms with E-state index in [2.05, 4.69) is 34.5 Å². The van der Waals surface area contributed by atoms with Crippen LogP contribution in [0, 0.1) is 0 Å². The van der Waals surface area contributed by atoms with Crippen LogP contribution in [-0.4, -0.2) is 79.2 Å². The van der Waals surface area contributed by atoms with Crippen molar-refractivity contribution in [2.45, 2.75) is 168 Å². The summed E-state index contributed by atoms with van der Waals surface area (Å²) in [7, 11) is 0. The quantitative estimate of drug-likeness (QED) is 0.164. The Labute approximate surface area is 263 Å². The van der Waals surface area contributed by atoms with Crippen molar-refractivity contribution in [3.05, 3.63) is 23.8 Å². The van der Waals surface area contributed by atoms with E-state index in [1.807, 2.05) is 49.5 Å². The Morgan fingerprint density at radius 2 is 1.09 bits per heavy atom. The molecule has 2 saturated heterocycles. The van der Waals surface area contributed by atoms with Gasteiger partial charge in [0.15, 0.2) is 11.6 Å². The van der Waals surface area contributed by atoms with Gasteiger partial charge in [-0.2, -0.15) is 0 Å². The predicted octanol–water partition coefficient (Wildman–Crippen LogP) is 5.58. The maximum atomic E-state index is 6.58. The van der Waals surface area contributed by atoms with Crippen LogP contribution in [0.3, 0.4) is 0 Å². The summed E-state index contributed by atoms with van der Waals surface area (Å²) in [5.41, 5.74) is 1.51. The van der Waals surface area contributed by atoms with Crippen molar-refractivity contribution in [1.29, 1.82) is 0 Å². The summed E-state index contributed by atoms with van der Waals surface area (Å²) in [6.07, 6.45) is 14.2. The Morgan fingerprint density at radius 1 is 0.682 bits per heavy atom. The van der Waals surface area contributed by atoms with Gasteiger partial charge < -0.3 is 28.4 Å². The molecule has 2 aromatic rings. The van der Waals surface area contributed by atoms with E-state index in [9.17, 15) is 0 Å². The van der Waals surface area contributed by atoms with Gasteiger partial charge in [0.25, 0.3) is 0 Å². The Kier molecular flexibility index (Phi) is 13.6. The number of nitrogens with zero attached hydrogens (tertiary/aromatic N) is 6. The predicted molar refractivity (Wildman–Crippen MR) is 165 cm³/mol. The number of hydrogen-bond donors (Lipinski definition) is 0. The second kappa shape index (κ2) is 17.1. The van der Waals surface area contributed by atoms with Crippen LogP contribution in [0.1, 0.15) is 117 Å². The number of hydrogen-bond acceptors (Lipinski definition) is 10. The molecule has 0 aromatic carbocycles. The van der Waals surface area contributed by atoms with Gasteiger partial charge in [-0.15, -0.1) is 10.2 Å². The van der Waals surface area contributed by atoms with E-state index in [0.717, 1.165) is 37.3 Å². The van der Waals surface area contributed by atoms with Crippen LogP contribution in [-0.2, 0) is 54.7 Å². The lowest BCUT2D eigenvalue weighted by Gasteiger charge is -2.34. The third-order valence-electron chi connectivity index (χ3n) is 8.12. The highest BCUT2D eigenvalue weighted by molar-refractivity contribution is 4.96. The van der Waals surface area contributed by atoms with Crippen LogP contribution < -0.4 is 0 Å². The molecule has 12 nitrogen and oxygen atoms in total. The summed E-state index contributed by atoms with van der Waals surface area (Å²) < 4.78 is 41.5. The van der Waals surface area contributed by atoms with Gasteiger partial charge in [0.05, 0.1) is 38.8 Å². The summed E-state index contributed by atoms with van der Waals surface area (Å²) in [4.78, 5) is 0. The zero-order valence-corrected chi connectivity index (χ0v) is 27.9. The van der Waals surface area contributed by atoms with E-state index >= 15 is 0 Å². The first-order valence-corrected chi connectivity index (χ1v) is 16.8. The normalized spacial score (nSPS) is 22.5. The maximum Gasteiger partial charge on any atom is 0.163 e. The van der Waals surface area contributed by atoms with Crippen LogP contribution >= 0.6 is 0 Å². The molecular weight excluding hydrogens is 564 g/mol. The van der Waals surface area contributed by atoms with E-state index in [1.54, 1.807) is 0 Å². The lowest BCUT2D eigenvalue weighted by Crippen LogP contribution is -2.50. The highest BCUT2D eigenvalue weighted by Crippen LogP contribution is 2.33. The van der Waals surface area contributed by atoms with Gasteiger partial charge in [0, 0.05) is 13.1 Å². The fourth-order valence-electron chi connectivity index (χ4n) is 5.73. The topological polar surface area (TPSA) is 117 Å². The summed E-state index contributed by atoms with van der Waals surface area (Å²) in [5.74, 6) is -1.46. The van der Waals surface area contributed by atoms with Crippen LogP contribution in [0.15, 0.2) is 12.4 Å². The van der Waals surface area contributed by atoms with E-state index in [1.165, 1.54) is 51.4 Å². The first kappa shape index (κ1) is 34.9. The molecule has 0 aliphatic carbocycles. The number of ether oxygens (including phenoxy) is 6. The average molecular weight is 621 g/mol. The molecular formula is C32H56N6O6. The second-order valence-electron chi connectivity index (χ2n) is 13.1. The maximum absolute atomic E-state index is 6.58. The molecule has 0 spiro atoms. The fourth-order valence-corrected chi connectivity index (χ4v) is 5.73. The van der Waals surface area contributed by atoms with Crippen molar-refractivity contribution < 1.29 is 28.4 Å². The zero-order valence-electron chi connectivity index (χ0n) is 27.9. The zero-order chi connectivity index (χ0) is 31.4. The molecule has 0 radical (unpaired) electrons. The molecule has 4 heterocycles. The van der Waals surface area contributed by atoms with Gasteiger partial charge in [-0.05, 0) is 40.5 Å². The highest BCUT2D eigenvalue weighted by Gasteiger charge is 2.48. The minimum absolute atomic E-state index is 0.256. The van der Waals surface area contributed by atoms with E-state index in [0.29, 0.717) is 13.2 Å². The van der Waals surface area contributed by atoms with Gasteiger partial charge >= 0.3 is 0 Å². The Balaban J connectivity index is 1.42. The number of aromatic nitrogens is 6. The number of aryl methyl sites for hydroxylation is 2. The summed E-state index contributed by atoms with van der Waals surface area (Å²) in [6.45, 7) is 15.0. The first-order valence-electron chi connectivity index (χ1n) is 16.8. The molecule has 4 atom stereocenters. The Hall–Kier alpha value is -1.96. The monoisotopic (exact) mass is 620 g/mol. The number of rotatable bonds is 21. The van der Waals surface area contributed by atoms with Gasteiger partial charge in [0.1, 0.15) is 35.8 Å². The van der Waals surface area contributed by atoms with Crippen LogP contribution in [0.5, 0.6) is 0 Å². The average Bonchev–Trinajstić information content (AvgIpc) is 3.78. The molecule has 0 bridgehead atoms. The number of unbranched alkanes of at least 4 members (excludes halogenated alkanes) is 8. The molecule has 0 N–H and O–H groups in total. The van der Waals surface area contributed by atoms with E-state index in [4.69, 9.17) is 28.4 Å². The smallest absolute Gasteiger partial charge is 0.163 e. The lowest BCUT2D eigenvalue weighted by atomic mass is 10.0. The summed E-state index contributed by atoms with van der Waals surface area (Å²) >= 11 is 0. The van der Waals surface area contributed by atoms with Crippen molar-refractivity contribution >= 4 is 0 Å². The van der Waals surface area contributed by atoms with Gasteiger partial charge in [-0.1, -0.05) is 75.6 Å². The van der Waals surface area contributed by atoms with Crippen molar-refractivity contribution in [2.24, 2.45) is 0 Å². The minimum atomic E-state index is -0.732. The van der Waals surface area contributed by atoms with Crippen LogP contribution in [0.2, 0.25) is 0 Å². The molecule has 2 fully saturated rings. The van der Waals surface area contributed by atoms with E-state index in [-0.39, 0.29) is 25.4 Å². The van der Waals surface area contributed by atoms with Gasteiger partial charge in [-0.25, -0.2) is 0 Å². The van der Waals surface area contributed by atoms with Gasteiger partial charge in [-0.3, -0.25) is 9.36 Å². The lowest BCUT2D eigenvalue weighted by molar-refractivity contribution is -0.208. The molecule has 250 valence electrons. The van der Waals surface area contributed by atoms with Gasteiger partial charge in [0.2, 0.25) is 0 Å². The third-order valence-corrected chi connectivity index (χ3v) is 8.12. The minimum Gasteiger partial charge on any atom is -0.366 e. The second-order valence-corrected chi connectivity index (χ2v) is 13.1. The third kappa shape index (κ3) is 11.1. The van der Waals surface area contributed by atoms with Crippen LogP contribution in [0.25, 0.3) is 0 Å². The molecule has 0 amide bonds. The Bertz CT molecular complexity index is 1010. The molecule has 0 unspecified atom stereocenters.